The van der Waals surface area contributed by atoms with E-state index in [0.29, 0.717) is 18.7 Å². The molecule has 0 spiro atoms. The number of rotatable bonds is 7. The summed E-state index contributed by atoms with van der Waals surface area (Å²) in [4.78, 5) is 23.6. The van der Waals surface area contributed by atoms with Gasteiger partial charge in [-0.15, -0.1) is 0 Å². The topological polar surface area (TPSA) is 71.3 Å². The first-order chi connectivity index (χ1) is 10.1. The van der Waals surface area contributed by atoms with Gasteiger partial charge >= 0.3 is 0 Å². The molecule has 0 radical (unpaired) electrons. The van der Waals surface area contributed by atoms with Crippen LogP contribution in [0.2, 0.25) is 0 Å². The van der Waals surface area contributed by atoms with Gasteiger partial charge in [0.05, 0.1) is 0 Å². The molecule has 2 amide bonds. The van der Waals surface area contributed by atoms with Crippen LogP contribution < -0.4 is 10.6 Å². The first-order valence-corrected chi connectivity index (χ1v) is 8.53. The Morgan fingerprint density at radius 1 is 1.57 bits per heavy atom. The summed E-state index contributed by atoms with van der Waals surface area (Å²) in [5.74, 6) is 2.60. The summed E-state index contributed by atoms with van der Waals surface area (Å²) < 4.78 is 5.52. The standard InChI is InChI=1S/C15H22N2O3S/c1-3-4-7-21-9-11-8-13(20-10(11)2)15(19)17-12-5-6-16-14(12)18/h8,12H,3-7,9H2,1-2H3,(H,16,18)(H,17,19)/t12-/m1/s1. The smallest absolute Gasteiger partial charge is 0.287 e. The van der Waals surface area contributed by atoms with Gasteiger partial charge in [0.15, 0.2) is 5.76 Å². The van der Waals surface area contributed by atoms with Crippen molar-refractivity contribution in [2.45, 2.75) is 44.9 Å². The molecule has 1 aliphatic heterocycles. The van der Waals surface area contributed by atoms with E-state index < -0.39 is 6.04 Å². The fraction of sp³-hybridized carbons (Fsp3) is 0.600. The molecule has 116 valence electrons. The molecule has 0 unspecified atom stereocenters. The van der Waals surface area contributed by atoms with Gasteiger partial charge in [-0.2, -0.15) is 11.8 Å². The Morgan fingerprint density at radius 2 is 2.38 bits per heavy atom. The van der Waals surface area contributed by atoms with Crippen molar-refractivity contribution in [3.05, 3.63) is 23.2 Å². The first-order valence-electron chi connectivity index (χ1n) is 7.37. The molecule has 5 nitrogen and oxygen atoms in total. The molecule has 0 aliphatic carbocycles. The third-order valence-electron chi connectivity index (χ3n) is 3.50. The second-order valence-electron chi connectivity index (χ2n) is 5.20. The lowest BCUT2D eigenvalue weighted by Crippen LogP contribution is -2.39. The van der Waals surface area contributed by atoms with Crippen molar-refractivity contribution >= 4 is 23.6 Å². The van der Waals surface area contributed by atoms with E-state index in [0.717, 1.165) is 22.8 Å². The molecule has 1 atom stereocenters. The lowest BCUT2D eigenvalue weighted by atomic mass is 10.2. The zero-order valence-electron chi connectivity index (χ0n) is 12.5. The van der Waals surface area contributed by atoms with Crippen LogP contribution in [0.15, 0.2) is 10.5 Å². The Balaban J connectivity index is 1.90. The summed E-state index contributed by atoms with van der Waals surface area (Å²) in [6.07, 6.45) is 3.02. The second kappa shape index (κ2) is 7.54. The molecule has 1 aromatic heterocycles. The first kappa shape index (κ1) is 15.9. The number of hydrogen-bond acceptors (Lipinski definition) is 4. The molecule has 2 rings (SSSR count). The van der Waals surface area contributed by atoms with Gasteiger partial charge in [-0.25, -0.2) is 0 Å². The van der Waals surface area contributed by atoms with Crippen LogP contribution in [0.3, 0.4) is 0 Å². The lowest BCUT2D eigenvalue weighted by Gasteiger charge is -2.07. The number of carbonyl (C=O) groups excluding carboxylic acids is 2. The normalized spacial score (nSPS) is 17.8. The maximum atomic E-state index is 12.1. The maximum Gasteiger partial charge on any atom is 0.287 e. The summed E-state index contributed by atoms with van der Waals surface area (Å²) in [5, 5.41) is 5.41. The summed E-state index contributed by atoms with van der Waals surface area (Å²) in [5.41, 5.74) is 1.05. The van der Waals surface area contributed by atoms with Crippen LogP contribution in [-0.4, -0.2) is 30.2 Å². The van der Waals surface area contributed by atoms with Gasteiger partial charge in [-0.05, 0) is 31.6 Å². The summed E-state index contributed by atoms with van der Waals surface area (Å²) in [6.45, 7) is 4.65. The highest BCUT2D eigenvalue weighted by atomic mass is 32.2. The third kappa shape index (κ3) is 4.27. The average molecular weight is 310 g/mol. The minimum absolute atomic E-state index is 0.123. The van der Waals surface area contributed by atoms with E-state index in [1.807, 2.05) is 18.7 Å². The summed E-state index contributed by atoms with van der Waals surface area (Å²) in [6, 6.07) is 1.35. The summed E-state index contributed by atoms with van der Waals surface area (Å²) in [7, 11) is 0. The van der Waals surface area contributed by atoms with Crippen molar-refractivity contribution in [3.8, 4) is 0 Å². The number of thioether (sulfide) groups is 1. The van der Waals surface area contributed by atoms with Crippen molar-refractivity contribution in [3.63, 3.8) is 0 Å². The van der Waals surface area contributed by atoms with E-state index in [4.69, 9.17) is 4.42 Å². The molecule has 21 heavy (non-hydrogen) atoms. The molecule has 1 fully saturated rings. The molecule has 1 saturated heterocycles. The van der Waals surface area contributed by atoms with Crippen LogP contribution in [0.4, 0.5) is 0 Å². The van der Waals surface area contributed by atoms with Gasteiger partial charge in [0.1, 0.15) is 11.8 Å². The van der Waals surface area contributed by atoms with Gasteiger partial charge in [0.25, 0.3) is 5.91 Å². The Labute approximate surface area is 129 Å². The van der Waals surface area contributed by atoms with Gasteiger partial charge < -0.3 is 15.1 Å². The molecular weight excluding hydrogens is 288 g/mol. The van der Waals surface area contributed by atoms with Gasteiger partial charge in [-0.3, -0.25) is 9.59 Å². The van der Waals surface area contributed by atoms with E-state index in [-0.39, 0.29) is 11.8 Å². The lowest BCUT2D eigenvalue weighted by molar-refractivity contribution is -0.120. The Hall–Kier alpha value is -1.43. The average Bonchev–Trinajstić information content (AvgIpc) is 3.02. The number of unbranched alkanes of at least 4 members (excludes halogenated alkanes) is 1. The molecule has 0 bridgehead atoms. The SMILES string of the molecule is CCCCSCc1cc(C(=O)N[C@@H]2CCNC2=O)oc1C. The number of furan rings is 1. The Bertz CT molecular complexity index is 513. The molecule has 2 heterocycles. The number of nitrogens with one attached hydrogen (secondary N) is 2. The zero-order chi connectivity index (χ0) is 15.2. The fourth-order valence-electron chi connectivity index (χ4n) is 2.16. The van der Waals surface area contributed by atoms with Gasteiger partial charge in [-0.1, -0.05) is 13.3 Å². The van der Waals surface area contributed by atoms with E-state index in [1.165, 1.54) is 12.8 Å². The largest absolute Gasteiger partial charge is 0.456 e. The Morgan fingerprint density at radius 3 is 3.05 bits per heavy atom. The monoisotopic (exact) mass is 310 g/mol. The van der Waals surface area contributed by atoms with Gasteiger partial charge in [0.2, 0.25) is 5.91 Å². The van der Waals surface area contributed by atoms with E-state index in [9.17, 15) is 9.59 Å². The Kier molecular flexibility index (Phi) is 5.73. The highest BCUT2D eigenvalue weighted by Crippen LogP contribution is 2.21. The molecule has 0 saturated carbocycles. The highest BCUT2D eigenvalue weighted by Gasteiger charge is 2.27. The van der Waals surface area contributed by atoms with Gasteiger partial charge in [0, 0.05) is 17.9 Å². The predicted octanol–water partition coefficient (Wildman–Crippen LogP) is 2.24. The molecule has 1 aliphatic rings. The van der Waals surface area contributed by atoms with Crippen LogP contribution >= 0.6 is 11.8 Å². The van der Waals surface area contributed by atoms with E-state index in [1.54, 1.807) is 6.07 Å². The maximum absolute atomic E-state index is 12.1. The van der Waals surface area contributed by atoms with Crippen LogP contribution in [0.1, 0.15) is 48.1 Å². The second-order valence-corrected chi connectivity index (χ2v) is 6.31. The van der Waals surface area contributed by atoms with Crippen molar-refractivity contribution < 1.29 is 14.0 Å². The van der Waals surface area contributed by atoms with E-state index in [2.05, 4.69) is 17.6 Å². The van der Waals surface area contributed by atoms with E-state index >= 15 is 0 Å². The molecule has 2 N–H and O–H groups in total. The third-order valence-corrected chi connectivity index (χ3v) is 4.59. The molecule has 1 aromatic rings. The minimum Gasteiger partial charge on any atom is -0.456 e. The van der Waals surface area contributed by atoms with Crippen LogP contribution in [0, 0.1) is 6.92 Å². The molecular formula is C15H22N2O3S. The van der Waals surface area contributed by atoms with Crippen LogP contribution in [0.25, 0.3) is 0 Å². The van der Waals surface area contributed by atoms with Crippen LogP contribution in [0.5, 0.6) is 0 Å². The van der Waals surface area contributed by atoms with Crippen molar-refractivity contribution in [1.29, 1.82) is 0 Å². The number of carbonyl (C=O) groups is 2. The highest BCUT2D eigenvalue weighted by molar-refractivity contribution is 7.98. The quantitative estimate of drug-likeness (QED) is 0.758. The minimum atomic E-state index is -0.440. The predicted molar refractivity (Wildman–Crippen MR) is 83.4 cm³/mol. The summed E-state index contributed by atoms with van der Waals surface area (Å²) >= 11 is 1.85. The van der Waals surface area contributed by atoms with Crippen LogP contribution in [-0.2, 0) is 10.5 Å². The van der Waals surface area contributed by atoms with Crippen molar-refractivity contribution in [2.75, 3.05) is 12.3 Å². The number of amides is 2. The molecule has 6 heteroatoms. The van der Waals surface area contributed by atoms with Crippen molar-refractivity contribution in [1.82, 2.24) is 10.6 Å². The number of hydrogen-bond donors (Lipinski definition) is 2. The number of aryl methyl sites for hydroxylation is 1. The van der Waals surface area contributed by atoms with Crippen molar-refractivity contribution in [2.24, 2.45) is 0 Å². The fourth-order valence-corrected chi connectivity index (χ4v) is 3.31. The zero-order valence-corrected chi connectivity index (χ0v) is 13.3. The molecule has 0 aromatic carbocycles.